The number of nitrogens with zero attached hydrogens (tertiary/aromatic N) is 2. The van der Waals surface area contributed by atoms with Gasteiger partial charge in [0.1, 0.15) is 5.75 Å². The molecular weight excluding hydrogens is 296 g/mol. The summed E-state index contributed by atoms with van der Waals surface area (Å²) >= 11 is 0. The molecule has 0 aliphatic rings. The van der Waals surface area contributed by atoms with Crippen LogP contribution in [0.3, 0.4) is 0 Å². The van der Waals surface area contributed by atoms with Gasteiger partial charge >= 0.3 is 0 Å². The zero-order valence-electron chi connectivity index (χ0n) is 13.3. The molecule has 0 saturated carbocycles. The van der Waals surface area contributed by atoms with Gasteiger partial charge in [0.15, 0.2) is 0 Å². The molecule has 0 fully saturated rings. The van der Waals surface area contributed by atoms with Gasteiger partial charge in [0.05, 0.1) is 17.2 Å². The summed E-state index contributed by atoms with van der Waals surface area (Å²) in [4.78, 5) is 22.3. The molecule has 1 heterocycles. The predicted octanol–water partition coefficient (Wildman–Crippen LogP) is 3.10. The molecule has 0 N–H and O–H groups in total. The van der Waals surface area contributed by atoms with Crippen LogP contribution >= 0.6 is 0 Å². The second kappa shape index (κ2) is 7.58. The van der Waals surface area contributed by atoms with Crippen LogP contribution in [0.4, 0.5) is 5.69 Å². The van der Waals surface area contributed by atoms with Crippen LogP contribution in [-0.2, 0) is 13.0 Å². The van der Waals surface area contributed by atoms with Gasteiger partial charge in [0.25, 0.3) is 11.2 Å². The fraction of sp³-hybridized carbons (Fsp3) is 0.353. The number of rotatable bonds is 7. The number of nitro groups is 1. The van der Waals surface area contributed by atoms with E-state index in [1.54, 1.807) is 6.92 Å². The predicted molar refractivity (Wildman–Crippen MR) is 88.0 cm³/mol. The number of aromatic nitrogens is 1. The van der Waals surface area contributed by atoms with Crippen molar-refractivity contribution < 1.29 is 9.66 Å². The van der Waals surface area contributed by atoms with Crippen LogP contribution in [0, 0.1) is 17.0 Å². The maximum absolute atomic E-state index is 11.8. The average molecular weight is 316 g/mol. The van der Waals surface area contributed by atoms with Crippen LogP contribution < -0.4 is 10.3 Å². The van der Waals surface area contributed by atoms with E-state index < -0.39 is 4.92 Å². The minimum atomic E-state index is -0.475. The quantitative estimate of drug-likeness (QED) is 0.447. The van der Waals surface area contributed by atoms with Crippen LogP contribution in [0.15, 0.2) is 41.2 Å². The third kappa shape index (κ3) is 4.18. The highest BCUT2D eigenvalue weighted by molar-refractivity contribution is 5.34. The van der Waals surface area contributed by atoms with Crippen LogP contribution in [-0.4, -0.2) is 16.1 Å². The van der Waals surface area contributed by atoms with Crippen LogP contribution in [0.2, 0.25) is 0 Å². The molecule has 1 aromatic heterocycles. The topological polar surface area (TPSA) is 74.4 Å². The summed E-state index contributed by atoms with van der Waals surface area (Å²) in [5.41, 5.74) is 1.34. The van der Waals surface area contributed by atoms with Crippen molar-refractivity contribution in [3.8, 4) is 5.75 Å². The monoisotopic (exact) mass is 316 g/mol. The lowest BCUT2D eigenvalue weighted by Crippen LogP contribution is -2.23. The van der Waals surface area contributed by atoms with Gasteiger partial charge < -0.3 is 9.30 Å². The molecule has 0 spiro atoms. The Morgan fingerprint density at radius 1 is 1.17 bits per heavy atom. The van der Waals surface area contributed by atoms with E-state index in [1.165, 1.54) is 22.3 Å². The van der Waals surface area contributed by atoms with E-state index in [-0.39, 0.29) is 11.2 Å². The molecule has 0 radical (unpaired) electrons. The first-order chi connectivity index (χ1) is 11.0. The lowest BCUT2D eigenvalue weighted by Gasteiger charge is -2.11. The molecule has 0 bridgehead atoms. The summed E-state index contributed by atoms with van der Waals surface area (Å²) in [5, 5.41) is 10.9. The lowest BCUT2D eigenvalue weighted by molar-refractivity contribution is -0.386. The summed E-state index contributed by atoms with van der Waals surface area (Å²) in [5.74, 6) is 0.783. The zero-order chi connectivity index (χ0) is 16.8. The molecule has 0 amide bonds. The molecule has 2 rings (SSSR count). The van der Waals surface area contributed by atoms with Crippen LogP contribution in [0.5, 0.6) is 5.75 Å². The molecule has 0 aliphatic carbocycles. The van der Waals surface area contributed by atoms with Gasteiger partial charge in [0.2, 0.25) is 0 Å². The van der Waals surface area contributed by atoms with Crippen molar-refractivity contribution in [3.63, 3.8) is 0 Å². The van der Waals surface area contributed by atoms with E-state index in [0.717, 1.165) is 12.2 Å². The van der Waals surface area contributed by atoms with Crippen molar-refractivity contribution in [2.24, 2.45) is 0 Å². The Morgan fingerprint density at radius 3 is 2.48 bits per heavy atom. The molecular formula is C17H20N2O4. The third-order valence-electron chi connectivity index (χ3n) is 3.75. The average Bonchev–Trinajstić information content (AvgIpc) is 2.54. The van der Waals surface area contributed by atoms with Gasteiger partial charge in [-0.2, -0.15) is 0 Å². The summed E-state index contributed by atoms with van der Waals surface area (Å²) < 4.78 is 7.05. The van der Waals surface area contributed by atoms with Gasteiger partial charge in [0, 0.05) is 18.7 Å². The van der Waals surface area contributed by atoms with E-state index in [2.05, 4.69) is 6.92 Å². The highest BCUT2D eigenvalue weighted by Gasteiger charge is 2.14. The lowest BCUT2D eigenvalue weighted by atomic mass is 10.2. The molecule has 2 aromatic rings. The van der Waals surface area contributed by atoms with E-state index in [4.69, 9.17) is 4.74 Å². The molecule has 23 heavy (non-hydrogen) atoms. The third-order valence-corrected chi connectivity index (χ3v) is 3.75. The Hall–Kier alpha value is -2.63. The van der Waals surface area contributed by atoms with E-state index >= 15 is 0 Å². The second-order valence-electron chi connectivity index (χ2n) is 5.25. The standard InChI is InChI=1S/C17H20N2O4/c1-3-14-5-7-15(8-6-14)23-12-4-11-18-13(2)16(19(21)22)9-10-17(18)20/h5-10H,3-4,11-12H2,1-2H3. The van der Waals surface area contributed by atoms with Crippen molar-refractivity contribution in [2.45, 2.75) is 33.2 Å². The highest BCUT2D eigenvalue weighted by Crippen LogP contribution is 2.15. The maximum atomic E-state index is 11.8. The van der Waals surface area contributed by atoms with E-state index in [9.17, 15) is 14.9 Å². The molecule has 6 heteroatoms. The number of pyridine rings is 1. The summed E-state index contributed by atoms with van der Waals surface area (Å²) in [6.07, 6.45) is 1.58. The largest absolute Gasteiger partial charge is 0.494 e. The zero-order valence-corrected chi connectivity index (χ0v) is 13.3. The minimum Gasteiger partial charge on any atom is -0.494 e. The van der Waals surface area contributed by atoms with Gasteiger partial charge in [-0.25, -0.2) is 0 Å². The van der Waals surface area contributed by atoms with Gasteiger partial charge in [-0.3, -0.25) is 14.9 Å². The SMILES string of the molecule is CCc1ccc(OCCCn2c(C)c([N+](=O)[O-])ccc2=O)cc1. The number of ether oxygens (including phenoxy) is 1. The fourth-order valence-corrected chi connectivity index (χ4v) is 2.37. The number of benzene rings is 1. The van der Waals surface area contributed by atoms with Crippen molar-refractivity contribution in [2.75, 3.05) is 6.61 Å². The Labute approximate surface area is 134 Å². The van der Waals surface area contributed by atoms with Crippen LogP contribution in [0.1, 0.15) is 24.6 Å². The smallest absolute Gasteiger partial charge is 0.288 e. The second-order valence-corrected chi connectivity index (χ2v) is 5.25. The summed E-state index contributed by atoms with van der Waals surface area (Å²) in [6, 6.07) is 10.4. The van der Waals surface area contributed by atoms with Crippen molar-refractivity contribution in [1.82, 2.24) is 4.57 Å². The molecule has 0 aliphatic heterocycles. The highest BCUT2D eigenvalue weighted by atomic mass is 16.6. The van der Waals surface area contributed by atoms with Crippen molar-refractivity contribution in [1.29, 1.82) is 0 Å². The number of hydrogen-bond donors (Lipinski definition) is 0. The first-order valence-electron chi connectivity index (χ1n) is 7.59. The fourth-order valence-electron chi connectivity index (χ4n) is 2.37. The summed E-state index contributed by atoms with van der Waals surface area (Å²) in [7, 11) is 0. The molecule has 0 atom stereocenters. The van der Waals surface area contributed by atoms with Gasteiger partial charge in [-0.15, -0.1) is 0 Å². The number of aryl methyl sites for hydroxylation is 1. The molecule has 6 nitrogen and oxygen atoms in total. The van der Waals surface area contributed by atoms with Crippen molar-refractivity contribution in [3.05, 3.63) is 68.1 Å². The minimum absolute atomic E-state index is 0.0410. The Bertz CT molecular complexity index is 735. The molecule has 0 unspecified atom stereocenters. The number of hydrogen-bond acceptors (Lipinski definition) is 4. The van der Waals surface area contributed by atoms with Gasteiger partial charge in [-0.1, -0.05) is 19.1 Å². The van der Waals surface area contributed by atoms with E-state index in [1.807, 2.05) is 24.3 Å². The van der Waals surface area contributed by atoms with Crippen molar-refractivity contribution >= 4 is 5.69 Å². The summed E-state index contributed by atoms with van der Waals surface area (Å²) in [6.45, 7) is 4.51. The first kappa shape index (κ1) is 16.7. The Balaban J connectivity index is 1.94. The Kier molecular flexibility index (Phi) is 5.51. The maximum Gasteiger partial charge on any atom is 0.288 e. The Morgan fingerprint density at radius 2 is 1.87 bits per heavy atom. The molecule has 0 saturated heterocycles. The van der Waals surface area contributed by atoms with Crippen LogP contribution in [0.25, 0.3) is 0 Å². The first-order valence-corrected chi connectivity index (χ1v) is 7.59. The molecule has 122 valence electrons. The van der Waals surface area contributed by atoms with E-state index in [0.29, 0.717) is 25.3 Å². The normalized spacial score (nSPS) is 10.5. The molecule has 1 aromatic carbocycles. The van der Waals surface area contributed by atoms with Gasteiger partial charge in [-0.05, 0) is 37.5 Å².